The number of ether oxygens (including phenoxy) is 2. The third kappa shape index (κ3) is 2.42. The van der Waals surface area contributed by atoms with Gasteiger partial charge in [-0.1, -0.05) is 5.56 Å². The second-order valence-electron chi connectivity index (χ2n) is 2.76. The fourth-order valence-corrected chi connectivity index (χ4v) is 2.94. The van der Waals surface area contributed by atoms with E-state index in [0.717, 1.165) is 20.8 Å². The fraction of sp³-hybridized carbons (Fsp3) is 0.333. The van der Waals surface area contributed by atoms with Gasteiger partial charge in [-0.15, -0.1) is 3.69 Å². The number of rotatable bonds is 3. The molecule has 0 heterocycles. The van der Waals surface area contributed by atoms with E-state index >= 15 is 0 Å². The molecule has 0 fully saturated rings. The van der Waals surface area contributed by atoms with E-state index in [2.05, 4.69) is 0 Å². The number of halogens is 1. The van der Waals surface area contributed by atoms with Crippen molar-refractivity contribution in [3.63, 3.8) is 0 Å². The molecular formula is C9H11ClMgO2. The fourth-order valence-electron chi connectivity index (χ4n) is 1.22. The Hall–Kier alpha value is -0.124. The van der Waals surface area contributed by atoms with Crippen LogP contribution in [-0.4, -0.2) is 33.5 Å². The van der Waals surface area contributed by atoms with Crippen LogP contribution in [0.3, 0.4) is 0 Å². The summed E-state index contributed by atoms with van der Waals surface area (Å²) in [6, 6.07) is 3.85. The molecule has 0 unspecified atom stereocenters. The summed E-state index contributed by atoms with van der Waals surface area (Å²) in [6.07, 6.45) is 0. The molecule has 0 atom stereocenters. The first kappa shape index (κ1) is 11.0. The molecule has 0 amide bonds. The van der Waals surface area contributed by atoms with Gasteiger partial charge in [0.15, 0.2) is 0 Å². The van der Waals surface area contributed by atoms with Crippen LogP contribution in [0.25, 0.3) is 0 Å². The first-order chi connectivity index (χ1) is 6.22. The van der Waals surface area contributed by atoms with E-state index in [1.54, 1.807) is 14.2 Å². The van der Waals surface area contributed by atoms with Gasteiger partial charge >= 0.3 is 19.3 Å². The van der Waals surface area contributed by atoms with Gasteiger partial charge in [-0.2, -0.15) is 0 Å². The van der Waals surface area contributed by atoms with E-state index in [4.69, 9.17) is 18.5 Å². The monoisotopic (exact) mass is 210 g/mol. The van der Waals surface area contributed by atoms with Gasteiger partial charge in [0, 0.05) is 6.07 Å². The van der Waals surface area contributed by atoms with Gasteiger partial charge < -0.3 is 18.5 Å². The Kier molecular flexibility index (Phi) is 4.16. The molecule has 13 heavy (non-hydrogen) atoms. The Morgan fingerprint density at radius 1 is 1.23 bits per heavy atom. The van der Waals surface area contributed by atoms with E-state index < -0.39 is 19.3 Å². The van der Waals surface area contributed by atoms with Crippen LogP contribution in [0.15, 0.2) is 12.1 Å². The molecule has 0 spiro atoms. The van der Waals surface area contributed by atoms with Crippen molar-refractivity contribution >= 4 is 32.0 Å². The van der Waals surface area contributed by atoms with Crippen LogP contribution in [0.4, 0.5) is 0 Å². The van der Waals surface area contributed by atoms with E-state index in [0.29, 0.717) is 0 Å². The molecule has 0 N–H and O–H groups in total. The maximum atomic E-state index is 5.93. The number of benzene rings is 1. The Balaban J connectivity index is 3.20. The summed E-state index contributed by atoms with van der Waals surface area (Å²) in [7, 11) is 9.23. The average Bonchev–Trinajstić information content (AvgIpc) is 2.16. The van der Waals surface area contributed by atoms with Crippen LogP contribution in [0.5, 0.6) is 11.5 Å². The largest absolute Gasteiger partial charge is 0.544 e. The van der Waals surface area contributed by atoms with E-state index in [9.17, 15) is 0 Å². The lowest BCUT2D eigenvalue weighted by Crippen LogP contribution is -2.16. The minimum atomic E-state index is -0.710. The number of hydrogen-bond acceptors (Lipinski definition) is 2. The van der Waals surface area contributed by atoms with Crippen LogP contribution in [0.2, 0.25) is 0 Å². The molecule has 2 nitrogen and oxygen atoms in total. The zero-order valence-electron chi connectivity index (χ0n) is 8.06. The van der Waals surface area contributed by atoms with Gasteiger partial charge in [-0.3, -0.25) is 0 Å². The standard InChI is InChI=1S/C9H11O2.ClH.Mg/c1-7-4-8(10-2)6-9(5-7)11-3;;/h4,6H,1-3H3;1H;/q;;+1/p-1. The number of hydrogen-bond donors (Lipinski definition) is 0. The van der Waals surface area contributed by atoms with Gasteiger partial charge in [-0.05, 0) is 13.0 Å². The van der Waals surface area contributed by atoms with Crippen molar-refractivity contribution in [3.05, 3.63) is 17.7 Å². The second kappa shape index (κ2) is 4.93. The summed E-state index contributed by atoms with van der Waals surface area (Å²) in [6.45, 7) is 2.02. The molecule has 0 aliphatic heterocycles. The summed E-state index contributed by atoms with van der Waals surface area (Å²) >= 11 is -0.710. The zero-order valence-corrected chi connectivity index (χ0v) is 10.2. The van der Waals surface area contributed by atoms with Gasteiger partial charge in [0.1, 0.15) is 5.75 Å². The average molecular weight is 211 g/mol. The highest BCUT2D eigenvalue weighted by Gasteiger charge is 2.09. The Morgan fingerprint density at radius 2 is 1.92 bits per heavy atom. The zero-order chi connectivity index (χ0) is 9.84. The minimum Gasteiger partial charge on any atom is -0.499 e. The quantitative estimate of drug-likeness (QED) is 0.705. The van der Waals surface area contributed by atoms with Crippen LogP contribution < -0.4 is 13.2 Å². The van der Waals surface area contributed by atoms with Gasteiger partial charge in [0.25, 0.3) is 0 Å². The smallest absolute Gasteiger partial charge is 0.499 e. The van der Waals surface area contributed by atoms with Gasteiger partial charge in [-0.25, -0.2) is 0 Å². The highest BCUT2D eigenvalue weighted by molar-refractivity contribution is 7.01. The highest BCUT2D eigenvalue weighted by atomic mass is 35.5. The van der Waals surface area contributed by atoms with Gasteiger partial charge in [0.05, 0.1) is 20.0 Å². The molecule has 0 aromatic heterocycles. The highest BCUT2D eigenvalue weighted by Crippen LogP contribution is 2.19. The SMILES string of the molecule is COc1cc(C)[c]([Mg][Cl])c(OC)c1. The van der Waals surface area contributed by atoms with Gasteiger partial charge in [0.2, 0.25) is 0 Å². The number of aryl methyl sites for hydroxylation is 1. The molecule has 68 valence electrons. The summed E-state index contributed by atoms with van der Waals surface area (Å²) in [5.41, 5.74) is 1.15. The molecule has 0 bridgehead atoms. The summed E-state index contributed by atoms with van der Waals surface area (Å²) in [5, 5.41) is 0. The molecule has 0 aliphatic carbocycles. The molecule has 0 radical (unpaired) electrons. The minimum absolute atomic E-state index is 0.710. The molecule has 1 aromatic carbocycles. The first-order valence-electron chi connectivity index (χ1n) is 4.00. The van der Waals surface area contributed by atoms with Crippen molar-refractivity contribution < 1.29 is 9.47 Å². The van der Waals surface area contributed by atoms with Crippen molar-refractivity contribution in [2.24, 2.45) is 0 Å². The Labute approximate surface area is 91.7 Å². The molecule has 1 aromatic rings. The summed E-state index contributed by atoms with van der Waals surface area (Å²) < 4.78 is 11.5. The third-order valence-electron chi connectivity index (χ3n) is 1.99. The lowest BCUT2D eigenvalue weighted by Gasteiger charge is -2.11. The molecule has 0 saturated carbocycles. The summed E-state index contributed by atoms with van der Waals surface area (Å²) in [5.74, 6) is 1.66. The predicted octanol–water partition coefficient (Wildman–Crippen LogP) is 1.50. The van der Waals surface area contributed by atoms with Crippen molar-refractivity contribution in [1.82, 2.24) is 0 Å². The van der Waals surface area contributed by atoms with Crippen molar-refractivity contribution in [2.45, 2.75) is 6.92 Å². The predicted molar refractivity (Wildman–Crippen MR) is 55.5 cm³/mol. The van der Waals surface area contributed by atoms with Crippen LogP contribution >= 0.6 is 9.07 Å². The van der Waals surface area contributed by atoms with E-state index in [-0.39, 0.29) is 0 Å². The third-order valence-corrected chi connectivity index (χ3v) is 3.97. The first-order valence-corrected chi connectivity index (χ1v) is 6.85. The lowest BCUT2D eigenvalue weighted by atomic mass is 10.2. The lowest BCUT2D eigenvalue weighted by molar-refractivity contribution is 0.396. The second-order valence-corrected chi connectivity index (χ2v) is 4.53. The number of methoxy groups -OCH3 is 2. The van der Waals surface area contributed by atoms with Crippen molar-refractivity contribution in [3.8, 4) is 11.5 Å². The summed E-state index contributed by atoms with van der Waals surface area (Å²) in [4.78, 5) is 0. The topological polar surface area (TPSA) is 18.5 Å². The van der Waals surface area contributed by atoms with Crippen LogP contribution in [0.1, 0.15) is 5.56 Å². The Bertz CT molecular complexity index is 302. The maximum absolute atomic E-state index is 5.93. The van der Waals surface area contributed by atoms with E-state index in [1.165, 1.54) is 0 Å². The maximum Gasteiger partial charge on any atom is 0.544 e. The van der Waals surface area contributed by atoms with Crippen molar-refractivity contribution in [2.75, 3.05) is 14.2 Å². The Morgan fingerprint density at radius 3 is 2.38 bits per heavy atom. The van der Waals surface area contributed by atoms with Crippen LogP contribution in [-0.2, 0) is 0 Å². The molecule has 1 rings (SSSR count). The van der Waals surface area contributed by atoms with Crippen molar-refractivity contribution in [1.29, 1.82) is 0 Å². The molecule has 0 aliphatic rings. The normalized spacial score (nSPS) is 9.23. The van der Waals surface area contributed by atoms with E-state index in [1.807, 2.05) is 19.1 Å². The van der Waals surface area contributed by atoms with Crippen LogP contribution in [0, 0.1) is 6.92 Å². The molecule has 4 heteroatoms. The molecule has 0 saturated heterocycles. The molecular weight excluding hydrogens is 200 g/mol.